The first-order valence-corrected chi connectivity index (χ1v) is 7.42. The Labute approximate surface area is 112 Å². The maximum absolute atomic E-state index is 2.39. The van der Waals surface area contributed by atoms with Gasteiger partial charge in [-0.1, -0.05) is 48.5 Å². The van der Waals surface area contributed by atoms with Gasteiger partial charge < -0.3 is 0 Å². The molecule has 2 aliphatic heterocycles. The molecular formula is C17H16S. The van der Waals surface area contributed by atoms with Crippen LogP contribution in [0.4, 0.5) is 0 Å². The molecule has 0 amide bonds. The smallest absolute Gasteiger partial charge is 0.0558 e. The molecule has 2 heterocycles. The highest BCUT2D eigenvalue weighted by Gasteiger charge is 2.47. The van der Waals surface area contributed by atoms with Crippen molar-refractivity contribution in [1.29, 1.82) is 0 Å². The van der Waals surface area contributed by atoms with E-state index in [-0.39, 0.29) is 0 Å². The maximum atomic E-state index is 2.39. The molecule has 1 aliphatic carbocycles. The topological polar surface area (TPSA) is 0 Å². The third-order valence-corrected chi connectivity index (χ3v) is 5.88. The van der Waals surface area contributed by atoms with Crippen LogP contribution in [0.15, 0.2) is 48.5 Å². The highest BCUT2D eigenvalue weighted by Crippen LogP contribution is 2.63. The molecule has 0 saturated heterocycles. The Bertz CT molecular complexity index is 580. The molecule has 1 heteroatoms. The van der Waals surface area contributed by atoms with E-state index in [2.05, 4.69) is 74.1 Å². The first kappa shape index (κ1) is 10.7. The molecule has 0 saturated carbocycles. The molecule has 2 bridgehead atoms. The molecule has 0 spiro atoms. The van der Waals surface area contributed by atoms with Crippen LogP contribution < -0.4 is 0 Å². The fraction of sp³-hybridized carbons (Fsp3) is 0.294. The third kappa shape index (κ3) is 1.23. The van der Waals surface area contributed by atoms with Crippen molar-refractivity contribution in [2.24, 2.45) is 0 Å². The fourth-order valence-corrected chi connectivity index (χ4v) is 5.29. The van der Waals surface area contributed by atoms with E-state index in [0.717, 1.165) is 0 Å². The van der Waals surface area contributed by atoms with Crippen molar-refractivity contribution in [3.05, 3.63) is 70.8 Å². The van der Waals surface area contributed by atoms with Crippen LogP contribution in [0.1, 0.15) is 47.3 Å². The molecule has 0 radical (unpaired) electrons. The van der Waals surface area contributed by atoms with Crippen LogP contribution in [0.5, 0.6) is 0 Å². The molecular weight excluding hydrogens is 236 g/mol. The van der Waals surface area contributed by atoms with Gasteiger partial charge in [-0.05, 0) is 36.1 Å². The molecule has 0 aromatic heterocycles. The van der Waals surface area contributed by atoms with E-state index >= 15 is 0 Å². The van der Waals surface area contributed by atoms with Crippen LogP contribution in [0, 0.1) is 0 Å². The minimum atomic E-state index is 0.299. The zero-order valence-corrected chi connectivity index (χ0v) is 11.5. The van der Waals surface area contributed by atoms with Gasteiger partial charge >= 0.3 is 0 Å². The van der Waals surface area contributed by atoms with Gasteiger partial charge in [0.05, 0.1) is 5.25 Å². The SMILES string of the molecule is CC1(C)SC2c3ccccc3C1c1ccccc12. The minimum absolute atomic E-state index is 0.299. The Morgan fingerprint density at radius 3 is 1.72 bits per heavy atom. The number of hydrogen-bond donors (Lipinski definition) is 0. The number of benzene rings is 2. The average Bonchev–Trinajstić information content (AvgIpc) is 2.38. The second kappa shape index (κ2) is 3.42. The van der Waals surface area contributed by atoms with Crippen molar-refractivity contribution in [3.8, 4) is 0 Å². The second-order valence-electron chi connectivity index (χ2n) is 5.79. The average molecular weight is 252 g/mol. The summed E-state index contributed by atoms with van der Waals surface area (Å²) in [5.74, 6) is 0.542. The van der Waals surface area contributed by atoms with E-state index in [1.54, 1.807) is 11.1 Å². The molecule has 0 nitrogen and oxygen atoms in total. The minimum Gasteiger partial charge on any atom is -0.142 e. The summed E-state index contributed by atoms with van der Waals surface area (Å²) in [6.45, 7) is 4.78. The summed E-state index contributed by atoms with van der Waals surface area (Å²) in [7, 11) is 0. The van der Waals surface area contributed by atoms with E-state index in [1.807, 2.05) is 0 Å². The van der Waals surface area contributed by atoms with Crippen molar-refractivity contribution < 1.29 is 0 Å². The molecule has 18 heavy (non-hydrogen) atoms. The molecule has 0 fully saturated rings. The van der Waals surface area contributed by atoms with E-state index < -0.39 is 0 Å². The number of thioether (sulfide) groups is 1. The van der Waals surface area contributed by atoms with Crippen LogP contribution in [0.3, 0.4) is 0 Å². The van der Waals surface area contributed by atoms with Gasteiger partial charge in [0.2, 0.25) is 0 Å². The van der Waals surface area contributed by atoms with Gasteiger partial charge in [0, 0.05) is 10.7 Å². The number of rotatable bonds is 0. The Balaban J connectivity index is 2.06. The molecule has 0 unspecified atom stereocenters. The third-order valence-electron chi connectivity index (χ3n) is 4.30. The van der Waals surface area contributed by atoms with Crippen LogP contribution >= 0.6 is 11.8 Å². The molecule has 5 rings (SSSR count). The molecule has 2 aromatic carbocycles. The van der Waals surface area contributed by atoms with Crippen molar-refractivity contribution >= 4 is 11.8 Å². The fourth-order valence-electron chi connectivity index (χ4n) is 3.61. The summed E-state index contributed by atoms with van der Waals surface area (Å²) in [6.07, 6.45) is 0. The van der Waals surface area contributed by atoms with Gasteiger partial charge in [-0.25, -0.2) is 0 Å². The highest BCUT2D eigenvalue weighted by molar-refractivity contribution is 8.01. The summed E-state index contributed by atoms with van der Waals surface area (Å²) < 4.78 is 0.299. The van der Waals surface area contributed by atoms with Crippen LogP contribution in [0.25, 0.3) is 0 Å². The van der Waals surface area contributed by atoms with Gasteiger partial charge in [-0.3, -0.25) is 0 Å². The largest absolute Gasteiger partial charge is 0.142 e. The molecule has 90 valence electrons. The van der Waals surface area contributed by atoms with E-state index in [4.69, 9.17) is 0 Å². The Morgan fingerprint density at radius 1 is 0.778 bits per heavy atom. The number of hydrogen-bond acceptors (Lipinski definition) is 1. The van der Waals surface area contributed by atoms with Gasteiger partial charge in [0.1, 0.15) is 0 Å². The van der Waals surface area contributed by atoms with E-state index in [0.29, 0.717) is 15.9 Å². The predicted molar refractivity (Wildman–Crippen MR) is 78.2 cm³/mol. The van der Waals surface area contributed by atoms with Crippen molar-refractivity contribution in [2.45, 2.75) is 29.8 Å². The van der Waals surface area contributed by atoms with Crippen molar-refractivity contribution in [1.82, 2.24) is 0 Å². The summed E-state index contributed by atoms with van der Waals surface area (Å²) in [6, 6.07) is 18.0. The molecule has 2 aromatic rings. The van der Waals surface area contributed by atoms with Gasteiger partial charge in [-0.15, -0.1) is 11.8 Å². The molecule has 0 atom stereocenters. The highest BCUT2D eigenvalue weighted by atomic mass is 32.2. The van der Waals surface area contributed by atoms with Crippen LogP contribution in [0.2, 0.25) is 0 Å². The Hall–Kier alpha value is -1.21. The van der Waals surface area contributed by atoms with Crippen molar-refractivity contribution in [2.75, 3.05) is 0 Å². The lowest BCUT2D eigenvalue weighted by Gasteiger charge is -2.49. The summed E-state index contributed by atoms with van der Waals surface area (Å²) in [4.78, 5) is 0. The van der Waals surface area contributed by atoms with E-state index in [1.165, 1.54) is 11.1 Å². The van der Waals surface area contributed by atoms with Gasteiger partial charge in [0.25, 0.3) is 0 Å². The first-order valence-electron chi connectivity index (χ1n) is 6.54. The zero-order chi connectivity index (χ0) is 12.3. The normalized spacial score (nSPS) is 26.6. The summed E-state index contributed by atoms with van der Waals surface area (Å²) in [5, 5.41) is 0.525. The summed E-state index contributed by atoms with van der Waals surface area (Å²) >= 11 is 2.12. The van der Waals surface area contributed by atoms with Gasteiger partial charge in [-0.2, -0.15) is 0 Å². The maximum Gasteiger partial charge on any atom is 0.0558 e. The summed E-state index contributed by atoms with van der Waals surface area (Å²) in [5.41, 5.74) is 6.16. The standard InChI is InChI=1S/C17H16S/c1-17(2)15-11-7-3-5-9-13(11)16(18-17)14-10-6-4-8-12(14)15/h3-10,15-16H,1-2H3. The van der Waals surface area contributed by atoms with Crippen LogP contribution in [-0.2, 0) is 0 Å². The number of fused-ring (bicyclic) bond motifs is 1. The first-order chi connectivity index (χ1) is 8.68. The quantitative estimate of drug-likeness (QED) is 0.652. The molecule has 3 aliphatic rings. The lowest BCUT2D eigenvalue weighted by molar-refractivity contribution is 0.575. The van der Waals surface area contributed by atoms with Crippen molar-refractivity contribution in [3.63, 3.8) is 0 Å². The van der Waals surface area contributed by atoms with Crippen LogP contribution in [-0.4, -0.2) is 4.75 Å². The zero-order valence-electron chi connectivity index (χ0n) is 10.7. The lowest BCUT2D eigenvalue weighted by atomic mass is 9.72. The predicted octanol–water partition coefficient (Wildman–Crippen LogP) is 4.75. The van der Waals surface area contributed by atoms with Gasteiger partial charge in [0.15, 0.2) is 0 Å². The Kier molecular flexibility index (Phi) is 2.03. The second-order valence-corrected chi connectivity index (χ2v) is 7.55. The monoisotopic (exact) mass is 252 g/mol. The Morgan fingerprint density at radius 2 is 1.22 bits per heavy atom. The lowest BCUT2D eigenvalue weighted by Crippen LogP contribution is -2.38. The molecule has 0 N–H and O–H groups in total. The van der Waals surface area contributed by atoms with E-state index in [9.17, 15) is 0 Å².